The molecule has 8 nitrogen and oxygen atoms in total. The zero-order chi connectivity index (χ0) is 12.8. The molecule has 1 aliphatic rings. The molecule has 0 unspecified atom stereocenters. The second-order valence-corrected chi connectivity index (χ2v) is 3.44. The molecule has 0 aromatic carbocycles. The van der Waals surface area contributed by atoms with Crippen LogP contribution in [0.3, 0.4) is 0 Å². The number of carbonyl (C=O) groups excluding carboxylic acids is 1. The summed E-state index contributed by atoms with van der Waals surface area (Å²) in [6.45, 7) is -0.238. The van der Waals surface area contributed by atoms with Crippen molar-refractivity contribution in [3.8, 4) is 0 Å². The highest BCUT2D eigenvalue weighted by Gasteiger charge is 2.31. The van der Waals surface area contributed by atoms with Gasteiger partial charge in [-0.15, -0.1) is 0 Å². The fourth-order valence-corrected chi connectivity index (χ4v) is 1.26. The number of imidazole rings is 1. The zero-order valence-corrected chi connectivity index (χ0v) is 8.98. The molecule has 2 heterocycles. The van der Waals surface area contributed by atoms with Gasteiger partial charge < -0.3 is 30.8 Å². The van der Waals surface area contributed by atoms with Crippen molar-refractivity contribution < 1.29 is 24.9 Å². The van der Waals surface area contributed by atoms with Crippen LogP contribution < -0.4 is 5.73 Å². The average Bonchev–Trinajstić information content (AvgIpc) is 2.88. The number of aliphatic hydroxyl groups excluding tert-OH is 3. The van der Waals surface area contributed by atoms with Crippen LogP contribution >= 0.6 is 0 Å². The third-order valence-electron chi connectivity index (χ3n) is 2.15. The van der Waals surface area contributed by atoms with E-state index in [1.54, 1.807) is 0 Å². The third-order valence-corrected chi connectivity index (χ3v) is 2.15. The summed E-state index contributed by atoms with van der Waals surface area (Å²) >= 11 is 0. The lowest BCUT2D eigenvalue weighted by atomic mass is 10.2. The number of H-pyrrole nitrogens is 1. The number of nitrogens with two attached hydrogens (primary N) is 1. The van der Waals surface area contributed by atoms with Crippen LogP contribution in [0.15, 0.2) is 12.5 Å². The van der Waals surface area contributed by atoms with Gasteiger partial charge in [0.05, 0.1) is 25.2 Å². The molecule has 96 valence electrons. The van der Waals surface area contributed by atoms with Gasteiger partial charge in [0.1, 0.15) is 11.8 Å². The number of hydrogen-bond donors (Lipinski definition) is 5. The van der Waals surface area contributed by atoms with Gasteiger partial charge in [-0.05, 0) is 0 Å². The summed E-state index contributed by atoms with van der Waals surface area (Å²) in [7, 11) is 0. The normalized spacial score (nSPS) is 27.4. The summed E-state index contributed by atoms with van der Waals surface area (Å²) in [5.74, 6) is -0.484. The second kappa shape index (κ2) is 6.30. The minimum Gasteiger partial charge on any atom is -0.394 e. The van der Waals surface area contributed by atoms with Crippen LogP contribution in [0, 0.1) is 0 Å². The lowest BCUT2D eigenvalue weighted by Gasteiger charge is -2.08. The predicted molar refractivity (Wildman–Crippen MR) is 55.7 cm³/mol. The first kappa shape index (κ1) is 13.6. The van der Waals surface area contributed by atoms with E-state index in [0.29, 0.717) is 5.69 Å². The number of aromatic nitrogens is 2. The fourth-order valence-electron chi connectivity index (χ4n) is 1.26. The van der Waals surface area contributed by atoms with Gasteiger partial charge in [0.25, 0.3) is 5.91 Å². The monoisotopic (exact) mass is 245 g/mol. The number of rotatable bonds is 2. The SMILES string of the molecule is NC(=O)c1cnc[nH]1.OC[C@H]1O[C@@H](O)C[C@@H]1O. The molecular formula is C9H15N3O5. The summed E-state index contributed by atoms with van der Waals surface area (Å²) < 4.78 is 4.68. The summed E-state index contributed by atoms with van der Waals surface area (Å²) in [6.07, 6.45) is 0.760. The molecule has 0 aliphatic carbocycles. The topological polar surface area (TPSA) is 142 Å². The molecule has 0 spiro atoms. The summed E-state index contributed by atoms with van der Waals surface area (Å²) in [4.78, 5) is 16.4. The van der Waals surface area contributed by atoms with Gasteiger partial charge in [0, 0.05) is 6.42 Å². The number of hydrogen-bond acceptors (Lipinski definition) is 6. The van der Waals surface area contributed by atoms with Crippen LogP contribution in [0.1, 0.15) is 16.9 Å². The summed E-state index contributed by atoms with van der Waals surface area (Å²) in [5, 5.41) is 26.1. The molecule has 1 aromatic heterocycles. The van der Waals surface area contributed by atoms with Crippen molar-refractivity contribution in [2.75, 3.05) is 6.61 Å². The van der Waals surface area contributed by atoms with Gasteiger partial charge in [0.2, 0.25) is 0 Å². The van der Waals surface area contributed by atoms with E-state index in [0.717, 1.165) is 0 Å². The molecule has 3 atom stereocenters. The zero-order valence-electron chi connectivity index (χ0n) is 8.98. The van der Waals surface area contributed by atoms with E-state index in [1.165, 1.54) is 12.5 Å². The molecule has 1 fully saturated rings. The van der Waals surface area contributed by atoms with E-state index in [2.05, 4.69) is 14.7 Å². The highest BCUT2D eigenvalue weighted by molar-refractivity contribution is 5.90. The van der Waals surface area contributed by atoms with Crippen LogP contribution in [-0.4, -0.2) is 56.3 Å². The van der Waals surface area contributed by atoms with Crippen molar-refractivity contribution in [3.63, 3.8) is 0 Å². The number of nitrogens with zero attached hydrogens (tertiary/aromatic N) is 1. The first-order chi connectivity index (χ1) is 8.04. The molecule has 6 N–H and O–H groups in total. The molecular weight excluding hydrogens is 230 g/mol. The van der Waals surface area contributed by atoms with Crippen LogP contribution in [0.25, 0.3) is 0 Å². The Kier molecular flexibility index (Phi) is 5.04. The van der Waals surface area contributed by atoms with Crippen LogP contribution in [-0.2, 0) is 4.74 Å². The number of aliphatic hydroxyl groups is 3. The Morgan fingerprint density at radius 2 is 2.35 bits per heavy atom. The number of primary amides is 1. The molecule has 0 bridgehead atoms. The molecule has 1 aliphatic heterocycles. The van der Waals surface area contributed by atoms with Crippen molar-refractivity contribution in [3.05, 3.63) is 18.2 Å². The molecule has 1 aromatic rings. The van der Waals surface area contributed by atoms with E-state index >= 15 is 0 Å². The van der Waals surface area contributed by atoms with E-state index in [-0.39, 0.29) is 13.0 Å². The minimum absolute atomic E-state index is 0.200. The first-order valence-corrected chi connectivity index (χ1v) is 4.95. The molecule has 0 radical (unpaired) electrons. The van der Waals surface area contributed by atoms with Gasteiger partial charge in [-0.3, -0.25) is 4.79 Å². The third kappa shape index (κ3) is 4.11. The van der Waals surface area contributed by atoms with Crippen molar-refractivity contribution in [1.82, 2.24) is 9.97 Å². The largest absolute Gasteiger partial charge is 0.394 e. The Labute approximate surface area is 97.0 Å². The standard InChI is InChI=1S/C5H10O4.C4H5N3O/c6-2-4-3(7)1-5(8)9-4;5-4(8)3-1-6-2-7-3/h3-8H,1-2H2;1-2H,(H2,5,8)(H,6,7)/t3-,4+,5+;/m0./s1. The molecule has 0 saturated carbocycles. The van der Waals surface area contributed by atoms with Gasteiger partial charge in [-0.2, -0.15) is 0 Å². The molecule has 2 rings (SSSR count). The van der Waals surface area contributed by atoms with Gasteiger partial charge in [-0.25, -0.2) is 4.98 Å². The highest BCUT2D eigenvalue weighted by Crippen LogP contribution is 2.17. The Balaban J connectivity index is 0.000000171. The second-order valence-electron chi connectivity index (χ2n) is 3.44. The molecule has 17 heavy (non-hydrogen) atoms. The molecule has 8 heteroatoms. The number of nitrogens with one attached hydrogen (secondary N) is 1. The van der Waals surface area contributed by atoms with E-state index in [4.69, 9.17) is 21.1 Å². The Morgan fingerprint density at radius 3 is 2.59 bits per heavy atom. The maximum absolute atomic E-state index is 10.2. The average molecular weight is 245 g/mol. The Morgan fingerprint density at radius 1 is 1.65 bits per heavy atom. The Hall–Kier alpha value is -1.48. The van der Waals surface area contributed by atoms with Gasteiger partial charge in [-0.1, -0.05) is 0 Å². The van der Waals surface area contributed by atoms with Crippen LogP contribution in [0.5, 0.6) is 0 Å². The van der Waals surface area contributed by atoms with Crippen molar-refractivity contribution >= 4 is 5.91 Å². The number of amides is 1. The lowest BCUT2D eigenvalue weighted by molar-refractivity contribution is -0.107. The summed E-state index contributed by atoms with van der Waals surface area (Å²) in [5.41, 5.74) is 5.19. The first-order valence-electron chi connectivity index (χ1n) is 4.95. The van der Waals surface area contributed by atoms with Crippen LogP contribution in [0.2, 0.25) is 0 Å². The van der Waals surface area contributed by atoms with Gasteiger partial charge >= 0.3 is 0 Å². The number of carbonyl (C=O) groups is 1. The lowest BCUT2D eigenvalue weighted by Crippen LogP contribution is -2.24. The smallest absolute Gasteiger partial charge is 0.266 e. The Bertz CT molecular complexity index is 342. The van der Waals surface area contributed by atoms with Crippen molar-refractivity contribution in [2.24, 2.45) is 5.73 Å². The van der Waals surface area contributed by atoms with E-state index < -0.39 is 24.4 Å². The number of aromatic amines is 1. The van der Waals surface area contributed by atoms with Crippen molar-refractivity contribution in [1.29, 1.82) is 0 Å². The quantitative estimate of drug-likeness (QED) is 0.406. The maximum Gasteiger partial charge on any atom is 0.266 e. The predicted octanol–water partition coefficient (Wildman–Crippen LogP) is -2.04. The minimum atomic E-state index is -0.905. The fraction of sp³-hybridized carbons (Fsp3) is 0.556. The maximum atomic E-state index is 10.2. The highest BCUT2D eigenvalue weighted by atomic mass is 16.6. The van der Waals surface area contributed by atoms with E-state index in [9.17, 15) is 4.79 Å². The van der Waals surface area contributed by atoms with Gasteiger partial charge in [0.15, 0.2) is 6.29 Å². The van der Waals surface area contributed by atoms with E-state index in [1.807, 2.05) is 0 Å². The van der Waals surface area contributed by atoms with Crippen LogP contribution in [0.4, 0.5) is 0 Å². The molecule has 1 amide bonds. The number of ether oxygens (including phenoxy) is 1. The van der Waals surface area contributed by atoms with Crippen molar-refractivity contribution in [2.45, 2.75) is 24.9 Å². The summed E-state index contributed by atoms with van der Waals surface area (Å²) in [6, 6.07) is 0. The molecule has 1 saturated heterocycles.